The second-order valence-corrected chi connectivity index (χ2v) is 17.7. The normalized spacial score (nSPS) is 26.4. The molecule has 4 aliphatic rings. The number of benzene rings is 8. The van der Waals surface area contributed by atoms with Crippen LogP contribution < -0.4 is 9.80 Å². The Morgan fingerprint density at radius 2 is 0.741 bits per heavy atom. The van der Waals surface area contributed by atoms with E-state index in [1.54, 1.807) is 0 Å². The van der Waals surface area contributed by atoms with Crippen molar-refractivity contribution in [1.82, 2.24) is 0 Å². The van der Waals surface area contributed by atoms with Gasteiger partial charge in [-0.1, -0.05) is 86.6 Å². The van der Waals surface area contributed by atoms with Gasteiger partial charge >= 0.3 is 0 Å². The molecule has 2 saturated carbocycles. The van der Waals surface area contributed by atoms with Gasteiger partial charge in [-0.25, -0.2) is 0 Å². The molecule has 8 aromatic rings. The van der Waals surface area contributed by atoms with Crippen molar-refractivity contribution in [2.75, 3.05) is 9.80 Å². The second-order valence-electron chi connectivity index (χ2n) is 17.7. The van der Waals surface area contributed by atoms with Gasteiger partial charge < -0.3 is 9.80 Å². The Hall–Kier alpha value is -5.60. The molecule has 12 rings (SSSR count). The molecular formula is C52H44N2. The zero-order valence-electron chi connectivity index (χ0n) is 31.6. The van der Waals surface area contributed by atoms with Gasteiger partial charge in [0.15, 0.2) is 0 Å². The predicted molar refractivity (Wildman–Crippen MR) is 228 cm³/mol. The van der Waals surface area contributed by atoms with E-state index in [2.05, 4.69) is 183 Å². The van der Waals surface area contributed by atoms with Crippen molar-refractivity contribution in [2.24, 2.45) is 0 Å². The SMILES string of the molecule is CC12CCC1(C)N(c1ccccc1)c1ccc(-c3cc4ccc5cc(-c6ccc7c(c6)C6(C)CCC6(C)N7c6ccccc6)cc6ccc(c3)c4c56)cc12. The van der Waals surface area contributed by atoms with Crippen LogP contribution in [0.4, 0.5) is 22.7 Å². The minimum atomic E-state index is 0.0969. The Bertz CT molecular complexity index is 2590. The van der Waals surface area contributed by atoms with Gasteiger partial charge in [-0.05, 0) is 178 Å². The molecule has 54 heavy (non-hydrogen) atoms. The molecular weight excluding hydrogens is 653 g/mol. The molecule has 262 valence electrons. The lowest BCUT2D eigenvalue weighted by Gasteiger charge is -2.56. The summed E-state index contributed by atoms with van der Waals surface area (Å²) in [6, 6.07) is 55.6. The zero-order valence-corrected chi connectivity index (χ0v) is 31.6. The van der Waals surface area contributed by atoms with Crippen molar-refractivity contribution in [2.45, 2.75) is 75.3 Å². The number of anilines is 4. The fraction of sp³-hybridized carbons (Fsp3) is 0.231. The minimum absolute atomic E-state index is 0.0969. The highest BCUT2D eigenvalue weighted by Crippen LogP contribution is 2.66. The first-order valence-corrected chi connectivity index (χ1v) is 19.9. The number of hydrogen-bond donors (Lipinski definition) is 0. The molecule has 0 saturated heterocycles. The van der Waals surface area contributed by atoms with Crippen LogP contribution in [0.15, 0.2) is 146 Å². The van der Waals surface area contributed by atoms with E-state index in [0.29, 0.717) is 0 Å². The maximum absolute atomic E-state index is 2.62. The van der Waals surface area contributed by atoms with Crippen LogP contribution in [-0.2, 0) is 10.8 Å². The Morgan fingerprint density at radius 1 is 0.370 bits per heavy atom. The van der Waals surface area contributed by atoms with Crippen LogP contribution in [0.25, 0.3) is 54.6 Å². The summed E-state index contributed by atoms with van der Waals surface area (Å²) >= 11 is 0. The molecule has 0 N–H and O–H groups in total. The van der Waals surface area contributed by atoms with E-state index in [-0.39, 0.29) is 21.9 Å². The van der Waals surface area contributed by atoms with Crippen molar-refractivity contribution < 1.29 is 0 Å². The third-order valence-corrected chi connectivity index (χ3v) is 15.5. The van der Waals surface area contributed by atoms with E-state index in [9.17, 15) is 0 Å². The van der Waals surface area contributed by atoms with E-state index in [1.165, 1.54) is 114 Å². The monoisotopic (exact) mass is 696 g/mol. The van der Waals surface area contributed by atoms with Crippen LogP contribution in [0.3, 0.4) is 0 Å². The maximum atomic E-state index is 2.62. The smallest absolute Gasteiger partial charge is 0.0518 e. The van der Waals surface area contributed by atoms with Crippen molar-refractivity contribution in [3.63, 3.8) is 0 Å². The summed E-state index contributed by atoms with van der Waals surface area (Å²) in [5.74, 6) is 0. The van der Waals surface area contributed by atoms with Crippen molar-refractivity contribution in [1.29, 1.82) is 0 Å². The van der Waals surface area contributed by atoms with Gasteiger partial charge in [-0.3, -0.25) is 0 Å². The lowest BCUT2D eigenvalue weighted by molar-refractivity contribution is 0.133. The highest BCUT2D eigenvalue weighted by atomic mass is 15.3. The highest BCUT2D eigenvalue weighted by molar-refractivity contribution is 6.24. The first-order valence-electron chi connectivity index (χ1n) is 19.9. The maximum Gasteiger partial charge on any atom is 0.0518 e. The Kier molecular flexibility index (Phi) is 5.78. The van der Waals surface area contributed by atoms with E-state index >= 15 is 0 Å². The fourth-order valence-corrected chi connectivity index (χ4v) is 11.7. The molecule has 8 aromatic carbocycles. The molecule has 2 fully saturated rings. The topological polar surface area (TPSA) is 6.48 Å². The molecule has 0 radical (unpaired) electrons. The van der Waals surface area contributed by atoms with Crippen LogP contribution in [0, 0.1) is 0 Å². The van der Waals surface area contributed by atoms with Crippen LogP contribution in [0.5, 0.6) is 0 Å². The van der Waals surface area contributed by atoms with Gasteiger partial charge in [0.1, 0.15) is 0 Å². The molecule has 2 heterocycles. The largest absolute Gasteiger partial charge is 0.334 e. The van der Waals surface area contributed by atoms with Crippen LogP contribution in [0.1, 0.15) is 64.5 Å². The Labute approximate surface area is 318 Å². The first kappa shape index (κ1) is 30.8. The lowest BCUT2D eigenvalue weighted by atomic mass is 9.55. The first-order chi connectivity index (χ1) is 26.2. The molecule has 4 atom stereocenters. The molecule has 0 spiro atoms. The van der Waals surface area contributed by atoms with Gasteiger partial charge in [-0.2, -0.15) is 0 Å². The summed E-state index contributed by atoms with van der Waals surface area (Å²) in [6.07, 6.45) is 4.87. The van der Waals surface area contributed by atoms with E-state index < -0.39 is 0 Å². The van der Waals surface area contributed by atoms with Crippen LogP contribution in [0.2, 0.25) is 0 Å². The summed E-state index contributed by atoms with van der Waals surface area (Å²) in [6.45, 7) is 9.92. The summed E-state index contributed by atoms with van der Waals surface area (Å²) in [5, 5.41) is 8.01. The highest BCUT2D eigenvalue weighted by Gasteiger charge is 2.64. The average Bonchev–Trinajstić information content (AvgIpc) is 3.42. The fourth-order valence-electron chi connectivity index (χ4n) is 11.7. The van der Waals surface area contributed by atoms with Gasteiger partial charge in [-0.15, -0.1) is 0 Å². The number of hydrogen-bond acceptors (Lipinski definition) is 2. The van der Waals surface area contributed by atoms with E-state index in [4.69, 9.17) is 0 Å². The van der Waals surface area contributed by atoms with Crippen LogP contribution in [-0.4, -0.2) is 11.1 Å². The summed E-state index contributed by atoms with van der Waals surface area (Å²) in [5.41, 5.74) is 14.0. The summed E-state index contributed by atoms with van der Waals surface area (Å²) in [4.78, 5) is 5.24. The standard InChI is InChI=1S/C52H44N2/c1-49-23-25-51(49,3)53(41-11-7-5-8-12-41)45-21-19-33(31-43(45)49)39-27-35-15-17-37-29-40(30-38-18-16-36(28-39)47(35)48(37)38)34-20-22-46-44(32-34)50(2)24-26-52(50,4)54(46)42-13-9-6-10-14-42/h5-22,27-32H,23-26H2,1-4H3. The van der Waals surface area contributed by atoms with Gasteiger partial charge in [0, 0.05) is 33.6 Å². The lowest BCUT2D eigenvalue weighted by Crippen LogP contribution is -2.60. The number of fused-ring (bicyclic) bond motifs is 6. The molecule has 0 bridgehead atoms. The number of nitrogens with zero attached hydrogens (tertiary/aromatic N) is 2. The zero-order chi connectivity index (χ0) is 36.2. The Balaban J connectivity index is 0.945. The summed E-state index contributed by atoms with van der Waals surface area (Å²) < 4.78 is 0. The summed E-state index contributed by atoms with van der Waals surface area (Å²) in [7, 11) is 0. The van der Waals surface area contributed by atoms with Crippen molar-refractivity contribution in [3.8, 4) is 22.3 Å². The second kappa shape index (κ2) is 10.1. The van der Waals surface area contributed by atoms with Crippen molar-refractivity contribution >= 4 is 55.1 Å². The molecule has 2 aliphatic heterocycles. The molecule has 0 aromatic heterocycles. The Morgan fingerprint density at radius 3 is 1.07 bits per heavy atom. The van der Waals surface area contributed by atoms with Gasteiger partial charge in [0.25, 0.3) is 0 Å². The molecule has 2 nitrogen and oxygen atoms in total. The molecule has 2 heteroatoms. The predicted octanol–water partition coefficient (Wildman–Crippen LogP) is 13.8. The van der Waals surface area contributed by atoms with Gasteiger partial charge in [0.2, 0.25) is 0 Å². The quantitative estimate of drug-likeness (QED) is 0.169. The van der Waals surface area contributed by atoms with Crippen molar-refractivity contribution in [3.05, 3.63) is 157 Å². The minimum Gasteiger partial charge on any atom is -0.334 e. The molecule has 0 amide bonds. The third-order valence-electron chi connectivity index (χ3n) is 15.5. The third kappa shape index (κ3) is 3.63. The van der Waals surface area contributed by atoms with E-state index in [1.807, 2.05) is 0 Å². The van der Waals surface area contributed by atoms with Gasteiger partial charge in [0.05, 0.1) is 11.1 Å². The molecule has 4 unspecified atom stereocenters. The van der Waals surface area contributed by atoms with E-state index in [0.717, 1.165) is 0 Å². The molecule has 2 aliphatic carbocycles. The number of para-hydroxylation sites is 2. The van der Waals surface area contributed by atoms with Crippen LogP contribution >= 0.6 is 0 Å². The average molecular weight is 697 g/mol. The number of rotatable bonds is 4.